The third kappa shape index (κ3) is 7.31. The van der Waals surface area contributed by atoms with Crippen molar-refractivity contribution in [2.75, 3.05) is 19.8 Å². The van der Waals surface area contributed by atoms with Crippen LogP contribution in [0.1, 0.15) is 61.9 Å². The van der Waals surface area contributed by atoms with Crippen molar-refractivity contribution in [1.82, 2.24) is 4.57 Å². The molecule has 0 saturated carbocycles. The molecular formula is C35H32I2N2O6S. The molecule has 5 rings (SSSR count). The number of hydrogen-bond donors (Lipinski definition) is 0. The Bertz CT molecular complexity index is 1960. The highest BCUT2D eigenvalue weighted by Crippen LogP contribution is 2.36. The van der Waals surface area contributed by atoms with Gasteiger partial charge in [0, 0.05) is 5.56 Å². The molecule has 0 unspecified atom stereocenters. The van der Waals surface area contributed by atoms with Gasteiger partial charge in [0.05, 0.1) is 42.2 Å². The first-order valence-electron chi connectivity index (χ1n) is 14.8. The van der Waals surface area contributed by atoms with E-state index in [1.807, 2.05) is 72.8 Å². The Hall–Kier alpha value is -3.30. The number of carbonyl (C=O) groups is 2. The van der Waals surface area contributed by atoms with Crippen LogP contribution in [0, 0.1) is 7.14 Å². The smallest absolute Gasteiger partial charge is 0.344 e. The van der Waals surface area contributed by atoms with Crippen LogP contribution in [-0.4, -0.2) is 36.3 Å². The summed E-state index contributed by atoms with van der Waals surface area (Å²) in [5.74, 6) is -0.0580. The summed E-state index contributed by atoms with van der Waals surface area (Å²) in [4.78, 5) is 45.2. The summed E-state index contributed by atoms with van der Waals surface area (Å²) in [6, 6.07) is 20.6. The first-order chi connectivity index (χ1) is 22.1. The van der Waals surface area contributed by atoms with E-state index < -0.39 is 18.0 Å². The van der Waals surface area contributed by atoms with E-state index in [4.69, 9.17) is 19.2 Å². The van der Waals surface area contributed by atoms with Gasteiger partial charge in [0.25, 0.3) is 5.56 Å². The van der Waals surface area contributed by atoms with Crippen LogP contribution in [0.2, 0.25) is 0 Å². The van der Waals surface area contributed by atoms with Gasteiger partial charge in [-0.05, 0) is 99.8 Å². The molecule has 1 atom stereocenters. The van der Waals surface area contributed by atoms with E-state index in [1.54, 1.807) is 18.4 Å². The molecule has 0 N–H and O–H groups in total. The molecule has 8 nitrogen and oxygen atoms in total. The number of thiazole rings is 1. The number of benzene rings is 3. The molecule has 1 aliphatic rings. The van der Waals surface area contributed by atoms with Gasteiger partial charge in [0.2, 0.25) is 0 Å². The molecule has 0 saturated heterocycles. The lowest BCUT2D eigenvalue weighted by Crippen LogP contribution is -2.40. The first kappa shape index (κ1) is 34.0. The second-order valence-corrected chi connectivity index (χ2v) is 14.0. The van der Waals surface area contributed by atoms with Crippen LogP contribution in [0.3, 0.4) is 0 Å². The Labute approximate surface area is 298 Å². The predicted molar refractivity (Wildman–Crippen MR) is 196 cm³/mol. The van der Waals surface area contributed by atoms with E-state index in [1.165, 1.54) is 11.3 Å². The van der Waals surface area contributed by atoms with E-state index in [-0.39, 0.29) is 25.4 Å². The van der Waals surface area contributed by atoms with Crippen LogP contribution < -0.4 is 19.6 Å². The van der Waals surface area contributed by atoms with Crippen molar-refractivity contribution < 1.29 is 23.8 Å². The molecule has 0 spiro atoms. The summed E-state index contributed by atoms with van der Waals surface area (Å²) in [7, 11) is 0. The molecule has 2 heterocycles. The SMILES string of the molecule is CCOC(=O)COc1c(I)cc(/C=c2\sc3n(c2=O)[C@@H](c2ccc(C(C)C)cc2)C(C(=O)OCC)=C(c2ccccc2)N=3)cc1I. The number of rotatable bonds is 10. The van der Waals surface area contributed by atoms with Crippen molar-refractivity contribution in [1.29, 1.82) is 0 Å². The summed E-state index contributed by atoms with van der Waals surface area (Å²) in [5, 5.41) is 0. The lowest BCUT2D eigenvalue weighted by Gasteiger charge is -2.26. The number of carbonyl (C=O) groups excluding carboxylic acids is 2. The van der Waals surface area contributed by atoms with Gasteiger partial charge >= 0.3 is 11.9 Å². The summed E-state index contributed by atoms with van der Waals surface area (Å²) in [6.45, 7) is 8.03. The van der Waals surface area contributed by atoms with Crippen molar-refractivity contribution >= 4 is 80.2 Å². The third-order valence-corrected chi connectivity index (χ3v) is 9.84. The highest BCUT2D eigenvalue weighted by molar-refractivity contribution is 14.1. The van der Waals surface area contributed by atoms with E-state index >= 15 is 0 Å². The topological polar surface area (TPSA) is 96.2 Å². The van der Waals surface area contributed by atoms with E-state index in [2.05, 4.69) is 59.0 Å². The summed E-state index contributed by atoms with van der Waals surface area (Å²) in [6.07, 6.45) is 1.82. The molecule has 1 aliphatic heterocycles. The third-order valence-electron chi connectivity index (χ3n) is 7.25. The van der Waals surface area contributed by atoms with Gasteiger partial charge in [0.1, 0.15) is 5.75 Å². The Kier molecular flexibility index (Phi) is 11.2. The summed E-state index contributed by atoms with van der Waals surface area (Å²) < 4.78 is 19.9. The molecule has 0 aliphatic carbocycles. The molecule has 1 aromatic heterocycles. The number of esters is 2. The molecule has 46 heavy (non-hydrogen) atoms. The number of fused-ring (bicyclic) bond motifs is 1. The van der Waals surface area contributed by atoms with Crippen LogP contribution in [0.4, 0.5) is 0 Å². The van der Waals surface area contributed by atoms with Crippen molar-refractivity contribution in [3.63, 3.8) is 0 Å². The maximum Gasteiger partial charge on any atom is 0.344 e. The Morgan fingerprint density at radius 1 is 0.978 bits per heavy atom. The normalized spacial score (nSPS) is 14.6. The zero-order valence-electron chi connectivity index (χ0n) is 25.7. The lowest BCUT2D eigenvalue weighted by atomic mass is 9.91. The van der Waals surface area contributed by atoms with Gasteiger partial charge < -0.3 is 14.2 Å². The van der Waals surface area contributed by atoms with Crippen molar-refractivity contribution in [3.8, 4) is 5.75 Å². The second-order valence-electron chi connectivity index (χ2n) is 10.7. The fourth-order valence-corrected chi connectivity index (χ4v) is 8.23. The molecule has 238 valence electrons. The fraction of sp³-hybridized carbons (Fsp3) is 0.257. The minimum Gasteiger partial charge on any atom is -0.480 e. The monoisotopic (exact) mass is 862 g/mol. The molecule has 4 aromatic rings. The van der Waals surface area contributed by atoms with Gasteiger partial charge in [-0.25, -0.2) is 14.6 Å². The van der Waals surface area contributed by atoms with Gasteiger partial charge in [-0.2, -0.15) is 0 Å². The van der Waals surface area contributed by atoms with Crippen molar-refractivity contribution in [3.05, 3.63) is 121 Å². The van der Waals surface area contributed by atoms with Gasteiger partial charge in [-0.15, -0.1) is 0 Å². The quantitative estimate of drug-likeness (QED) is 0.139. The van der Waals surface area contributed by atoms with Crippen LogP contribution in [0.5, 0.6) is 5.75 Å². The minimum absolute atomic E-state index is 0.185. The number of aromatic nitrogens is 1. The van der Waals surface area contributed by atoms with E-state index in [0.29, 0.717) is 32.3 Å². The largest absolute Gasteiger partial charge is 0.480 e. The molecule has 0 radical (unpaired) electrons. The average Bonchev–Trinajstić information content (AvgIpc) is 3.34. The van der Waals surface area contributed by atoms with Crippen LogP contribution in [0.25, 0.3) is 11.8 Å². The molecule has 0 amide bonds. The maximum atomic E-state index is 14.2. The number of nitrogens with zero attached hydrogens (tertiary/aromatic N) is 2. The molecule has 3 aromatic carbocycles. The standard InChI is InChI=1S/C35H32I2N2O6S/c1-5-43-28(40)19-45-32-25(36)16-21(17-26(32)37)18-27-33(41)39-31(24-14-12-22(13-15-24)20(3)4)29(34(42)44-6-2)30(38-35(39)46-27)23-10-8-7-9-11-23/h7-18,20,31H,5-6,19H2,1-4H3/b27-18-/t31-/m0/s1. The van der Waals surface area contributed by atoms with Crippen LogP contribution >= 0.6 is 56.5 Å². The maximum absolute atomic E-state index is 14.2. The molecule has 11 heteroatoms. The van der Waals surface area contributed by atoms with E-state index in [0.717, 1.165) is 29.4 Å². The van der Waals surface area contributed by atoms with Crippen LogP contribution in [-0.2, 0) is 19.1 Å². The number of halogens is 2. The molecule has 0 bridgehead atoms. The first-order valence-corrected chi connectivity index (χ1v) is 17.8. The zero-order chi connectivity index (χ0) is 33.0. The van der Waals surface area contributed by atoms with Crippen molar-refractivity contribution in [2.24, 2.45) is 4.99 Å². The van der Waals surface area contributed by atoms with Gasteiger partial charge in [-0.3, -0.25) is 9.36 Å². The zero-order valence-corrected chi connectivity index (χ0v) is 30.8. The average molecular weight is 863 g/mol. The second kappa shape index (κ2) is 15.1. The minimum atomic E-state index is -0.743. The summed E-state index contributed by atoms with van der Waals surface area (Å²) >= 11 is 5.58. The lowest BCUT2D eigenvalue weighted by molar-refractivity contribution is -0.145. The summed E-state index contributed by atoms with van der Waals surface area (Å²) in [5.41, 5.74) is 4.02. The Morgan fingerprint density at radius 2 is 1.63 bits per heavy atom. The Morgan fingerprint density at radius 3 is 2.24 bits per heavy atom. The van der Waals surface area contributed by atoms with E-state index in [9.17, 15) is 14.4 Å². The highest BCUT2D eigenvalue weighted by atomic mass is 127. The molecular weight excluding hydrogens is 830 g/mol. The number of hydrogen-bond acceptors (Lipinski definition) is 8. The molecule has 0 fully saturated rings. The number of ether oxygens (including phenoxy) is 3. The fourth-order valence-electron chi connectivity index (χ4n) is 5.10. The Balaban J connectivity index is 1.68. The van der Waals surface area contributed by atoms with Crippen LogP contribution in [0.15, 0.2) is 82.1 Å². The highest BCUT2D eigenvalue weighted by Gasteiger charge is 2.35. The van der Waals surface area contributed by atoms with Gasteiger partial charge in [-0.1, -0.05) is 79.8 Å². The van der Waals surface area contributed by atoms with Gasteiger partial charge in [0.15, 0.2) is 11.4 Å². The predicted octanol–water partition coefficient (Wildman–Crippen LogP) is 6.21. The van der Waals surface area contributed by atoms with Crippen molar-refractivity contribution in [2.45, 2.75) is 39.7 Å².